The van der Waals surface area contributed by atoms with Crippen molar-refractivity contribution in [3.8, 4) is 22.0 Å². The molecule has 0 radical (unpaired) electrons. The van der Waals surface area contributed by atoms with Gasteiger partial charge in [0.15, 0.2) is 10.9 Å². The van der Waals surface area contributed by atoms with E-state index in [-0.39, 0.29) is 5.91 Å². The van der Waals surface area contributed by atoms with Gasteiger partial charge in [0.1, 0.15) is 11.3 Å². The Morgan fingerprint density at radius 2 is 2.20 bits per heavy atom. The summed E-state index contributed by atoms with van der Waals surface area (Å²) in [7, 11) is 0. The Kier molecular flexibility index (Phi) is 4.08. The number of aryl methyl sites for hydroxylation is 1. The molecule has 124 valence electrons. The molecule has 4 aromatic heterocycles. The lowest BCUT2D eigenvalue weighted by molar-refractivity contribution is 0.102. The van der Waals surface area contributed by atoms with Crippen LogP contribution >= 0.6 is 22.9 Å². The van der Waals surface area contributed by atoms with Crippen molar-refractivity contribution in [3.05, 3.63) is 53.3 Å². The fourth-order valence-corrected chi connectivity index (χ4v) is 3.55. The van der Waals surface area contributed by atoms with E-state index >= 15 is 0 Å². The first kappa shape index (κ1) is 15.6. The van der Waals surface area contributed by atoms with Gasteiger partial charge in [-0.2, -0.15) is 0 Å². The van der Waals surface area contributed by atoms with E-state index in [2.05, 4.69) is 24.8 Å². The first-order chi connectivity index (χ1) is 12.2. The van der Waals surface area contributed by atoms with Gasteiger partial charge in [-0.05, 0) is 36.2 Å². The van der Waals surface area contributed by atoms with Crippen molar-refractivity contribution in [1.82, 2.24) is 19.5 Å². The molecule has 0 fully saturated rings. The number of pyridine rings is 1. The van der Waals surface area contributed by atoms with Gasteiger partial charge in [-0.1, -0.05) is 11.2 Å². The molecule has 0 aromatic carbocycles. The van der Waals surface area contributed by atoms with Gasteiger partial charge in [0.2, 0.25) is 0 Å². The average molecular weight is 369 g/mol. The molecule has 0 unspecified atom stereocenters. The summed E-state index contributed by atoms with van der Waals surface area (Å²) in [5.74, 6) is 0.0700. The summed E-state index contributed by atoms with van der Waals surface area (Å²) in [6, 6.07) is 5.62. The molecule has 4 aromatic rings. The van der Waals surface area contributed by atoms with Gasteiger partial charge < -0.3 is 4.52 Å². The number of aromatic nitrogens is 4. The standard InChI is InChI=1S/C16H11N5O2S2/c1-9-3-2-5-17-13(9)11-8-24-16(20-11)21-15(22)10-7-18-23-14(10)12-4-6-19-25-12/h2-8H,1H3,(H,20,21,22). The molecule has 4 heterocycles. The number of carbonyl (C=O) groups excluding carboxylic acids is 1. The lowest BCUT2D eigenvalue weighted by Gasteiger charge is -2.01. The molecule has 1 amide bonds. The maximum absolute atomic E-state index is 12.5. The Labute approximate surface area is 150 Å². The topological polar surface area (TPSA) is 93.8 Å². The molecule has 25 heavy (non-hydrogen) atoms. The van der Waals surface area contributed by atoms with Crippen LogP contribution in [0.25, 0.3) is 22.0 Å². The summed E-state index contributed by atoms with van der Waals surface area (Å²) >= 11 is 2.57. The van der Waals surface area contributed by atoms with Crippen LogP contribution in [-0.4, -0.2) is 25.4 Å². The monoisotopic (exact) mass is 369 g/mol. The second-order valence-corrected chi connectivity index (χ2v) is 6.80. The predicted molar refractivity (Wildman–Crippen MR) is 95.6 cm³/mol. The number of anilines is 1. The fourth-order valence-electron chi connectivity index (χ4n) is 2.27. The Bertz CT molecular complexity index is 1020. The van der Waals surface area contributed by atoms with E-state index in [0.717, 1.165) is 21.8 Å². The molecule has 0 aliphatic rings. The molecule has 0 bridgehead atoms. The first-order valence-corrected chi connectivity index (χ1v) is 8.92. The van der Waals surface area contributed by atoms with E-state index in [1.165, 1.54) is 29.1 Å². The van der Waals surface area contributed by atoms with Crippen LogP contribution < -0.4 is 5.32 Å². The van der Waals surface area contributed by atoms with Crippen molar-refractivity contribution >= 4 is 33.9 Å². The van der Waals surface area contributed by atoms with E-state index in [1.54, 1.807) is 18.5 Å². The number of hydrogen-bond donors (Lipinski definition) is 1. The van der Waals surface area contributed by atoms with Crippen LogP contribution in [0.5, 0.6) is 0 Å². The molecule has 0 saturated heterocycles. The number of nitrogens with one attached hydrogen (secondary N) is 1. The van der Waals surface area contributed by atoms with Gasteiger partial charge in [-0.25, -0.2) is 9.36 Å². The van der Waals surface area contributed by atoms with Gasteiger partial charge in [-0.3, -0.25) is 15.1 Å². The zero-order chi connectivity index (χ0) is 17.2. The van der Waals surface area contributed by atoms with Gasteiger partial charge in [-0.15, -0.1) is 11.3 Å². The third kappa shape index (κ3) is 3.06. The van der Waals surface area contributed by atoms with Crippen LogP contribution in [0.1, 0.15) is 15.9 Å². The number of thiazole rings is 1. The van der Waals surface area contributed by atoms with E-state index in [9.17, 15) is 4.79 Å². The maximum Gasteiger partial charge on any atom is 0.263 e. The Morgan fingerprint density at radius 1 is 1.28 bits per heavy atom. The van der Waals surface area contributed by atoms with E-state index in [4.69, 9.17) is 4.52 Å². The van der Waals surface area contributed by atoms with Crippen LogP contribution in [0.3, 0.4) is 0 Å². The molecular formula is C16H11N5O2S2. The highest BCUT2D eigenvalue weighted by Crippen LogP contribution is 2.29. The number of hydrogen-bond acceptors (Lipinski definition) is 8. The second kappa shape index (κ2) is 6.54. The Balaban J connectivity index is 1.57. The highest BCUT2D eigenvalue weighted by molar-refractivity contribution is 7.14. The van der Waals surface area contributed by atoms with Crippen LogP contribution in [0.15, 0.2) is 46.7 Å². The molecule has 7 nitrogen and oxygen atoms in total. The summed E-state index contributed by atoms with van der Waals surface area (Å²) in [4.78, 5) is 22.1. The van der Waals surface area contributed by atoms with E-state index < -0.39 is 0 Å². The zero-order valence-electron chi connectivity index (χ0n) is 13.0. The summed E-state index contributed by atoms with van der Waals surface area (Å²) in [6.45, 7) is 1.97. The van der Waals surface area contributed by atoms with Crippen LogP contribution in [0, 0.1) is 6.92 Å². The molecule has 0 aliphatic carbocycles. The van der Waals surface area contributed by atoms with Crippen molar-refractivity contribution in [2.75, 3.05) is 5.32 Å². The number of amides is 1. The largest absolute Gasteiger partial charge is 0.354 e. The first-order valence-electron chi connectivity index (χ1n) is 7.27. The minimum Gasteiger partial charge on any atom is -0.354 e. The second-order valence-electron chi connectivity index (χ2n) is 5.11. The van der Waals surface area contributed by atoms with Gasteiger partial charge in [0, 0.05) is 17.8 Å². The summed E-state index contributed by atoms with van der Waals surface area (Å²) in [5.41, 5.74) is 2.90. The maximum atomic E-state index is 12.5. The van der Waals surface area contributed by atoms with E-state index in [1.807, 2.05) is 24.4 Å². The van der Waals surface area contributed by atoms with Crippen molar-refractivity contribution in [1.29, 1.82) is 0 Å². The molecule has 4 rings (SSSR count). The summed E-state index contributed by atoms with van der Waals surface area (Å²) in [6.07, 6.45) is 4.76. The smallest absolute Gasteiger partial charge is 0.263 e. The van der Waals surface area contributed by atoms with Crippen LogP contribution in [-0.2, 0) is 0 Å². The summed E-state index contributed by atoms with van der Waals surface area (Å²) < 4.78 is 9.20. The van der Waals surface area contributed by atoms with Gasteiger partial charge in [0.25, 0.3) is 5.91 Å². The van der Waals surface area contributed by atoms with Crippen molar-refractivity contribution in [2.24, 2.45) is 0 Å². The highest BCUT2D eigenvalue weighted by Gasteiger charge is 2.20. The molecule has 1 N–H and O–H groups in total. The lowest BCUT2D eigenvalue weighted by atomic mass is 10.2. The van der Waals surface area contributed by atoms with Crippen LogP contribution in [0.4, 0.5) is 5.13 Å². The minimum atomic E-state index is -0.330. The van der Waals surface area contributed by atoms with Crippen molar-refractivity contribution < 1.29 is 9.32 Å². The zero-order valence-corrected chi connectivity index (χ0v) is 14.6. The molecular weight excluding hydrogens is 358 g/mol. The Hall–Kier alpha value is -2.91. The SMILES string of the molecule is Cc1cccnc1-c1csc(NC(=O)c2cnoc2-c2ccns2)n1. The number of nitrogens with zero attached hydrogens (tertiary/aromatic N) is 4. The van der Waals surface area contributed by atoms with Crippen molar-refractivity contribution in [2.45, 2.75) is 6.92 Å². The molecule has 9 heteroatoms. The third-order valence-electron chi connectivity index (χ3n) is 3.45. The van der Waals surface area contributed by atoms with Gasteiger partial charge in [0.05, 0.1) is 16.8 Å². The lowest BCUT2D eigenvalue weighted by Crippen LogP contribution is -2.11. The van der Waals surface area contributed by atoms with Crippen LogP contribution in [0.2, 0.25) is 0 Å². The third-order valence-corrected chi connectivity index (χ3v) is 4.96. The highest BCUT2D eigenvalue weighted by atomic mass is 32.1. The Morgan fingerprint density at radius 3 is 3.00 bits per heavy atom. The molecule has 0 spiro atoms. The van der Waals surface area contributed by atoms with Crippen molar-refractivity contribution in [3.63, 3.8) is 0 Å². The summed E-state index contributed by atoms with van der Waals surface area (Å²) in [5, 5.41) is 8.85. The van der Waals surface area contributed by atoms with Gasteiger partial charge >= 0.3 is 0 Å². The molecule has 0 saturated carbocycles. The minimum absolute atomic E-state index is 0.330. The predicted octanol–water partition coefficient (Wildman–Crippen LogP) is 3.88. The molecule has 0 aliphatic heterocycles. The average Bonchev–Trinajstić information content (AvgIpc) is 3.36. The number of carbonyl (C=O) groups is 1. The van der Waals surface area contributed by atoms with E-state index in [0.29, 0.717) is 16.5 Å². The molecule has 0 atom stereocenters. The number of rotatable bonds is 4. The fraction of sp³-hybridized carbons (Fsp3) is 0.0625. The quantitative estimate of drug-likeness (QED) is 0.587. The normalized spacial score (nSPS) is 10.8.